The summed E-state index contributed by atoms with van der Waals surface area (Å²) in [7, 11) is 0. The van der Waals surface area contributed by atoms with Crippen LogP contribution < -0.4 is 5.73 Å². The largest absolute Gasteiger partial charge is 0.374 e. The molecule has 0 aliphatic carbocycles. The third kappa shape index (κ3) is 3.06. The molecule has 1 aliphatic rings. The lowest BCUT2D eigenvalue weighted by molar-refractivity contribution is -0.0396. The number of nitrogens with two attached hydrogens (primary N) is 1. The van der Waals surface area contributed by atoms with Crippen molar-refractivity contribution in [3.8, 4) is 0 Å². The molecule has 1 aliphatic heterocycles. The molecule has 1 heterocycles. The third-order valence-corrected chi connectivity index (χ3v) is 3.44. The minimum absolute atomic E-state index is 0.196. The molecule has 1 fully saturated rings. The lowest BCUT2D eigenvalue weighted by atomic mass is 10.0. The lowest BCUT2D eigenvalue weighted by Crippen LogP contribution is -2.46. The van der Waals surface area contributed by atoms with Crippen molar-refractivity contribution in [3.05, 3.63) is 35.9 Å². The van der Waals surface area contributed by atoms with Gasteiger partial charge in [0.15, 0.2) is 0 Å². The fraction of sp³-hybridized carbons (Fsp3) is 0.571. The average Bonchev–Trinajstić information content (AvgIpc) is 2.41. The summed E-state index contributed by atoms with van der Waals surface area (Å²) in [6, 6.07) is 11.2. The second kappa shape index (κ2) is 6.15. The molecule has 94 valence electrons. The van der Waals surface area contributed by atoms with Gasteiger partial charge in [0.2, 0.25) is 0 Å². The van der Waals surface area contributed by atoms with Gasteiger partial charge in [-0.1, -0.05) is 37.3 Å². The third-order valence-electron chi connectivity index (χ3n) is 3.44. The molecule has 1 saturated heterocycles. The van der Waals surface area contributed by atoms with E-state index in [-0.39, 0.29) is 6.10 Å². The highest BCUT2D eigenvalue weighted by Gasteiger charge is 2.25. The van der Waals surface area contributed by atoms with E-state index in [2.05, 4.69) is 42.2 Å². The number of nitrogens with zero attached hydrogens (tertiary/aromatic N) is 1. The highest BCUT2D eigenvalue weighted by Crippen LogP contribution is 2.25. The Kier molecular flexibility index (Phi) is 4.54. The minimum Gasteiger partial charge on any atom is -0.374 e. The molecule has 1 aromatic carbocycles. The summed E-state index contributed by atoms with van der Waals surface area (Å²) in [5.74, 6) is 0. The maximum atomic E-state index is 5.69. The Morgan fingerprint density at radius 1 is 1.41 bits per heavy atom. The van der Waals surface area contributed by atoms with Gasteiger partial charge in [0.05, 0.1) is 12.7 Å². The van der Waals surface area contributed by atoms with E-state index in [0.29, 0.717) is 12.6 Å². The summed E-state index contributed by atoms with van der Waals surface area (Å²) < 4.78 is 5.62. The van der Waals surface area contributed by atoms with Gasteiger partial charge in [-0.2, -0.15) is 0 Å². The first-order valence-electron chi connectivity index (χ1n) is 6.45. The molecule has 0 spiro atoms. The van der Waals surface area contributed by atoms with Crippen molar-refractivity contribution in [3.63, 3.8) is 0 Å². The molecule has 2 rings (SSSR count). The standard InChI is InChI=1S/C14H22N2O/c1-2-14(12-6-4-3-5-7-12)16-8-9-17-13(10-15)11-16/h3-7,13-14H,2,8-11,15H2,1H3. The molecule has 3 nitrogen and oxygen atoms in total. The number of morpholine rings is 1. The molecule has 1 aromatic rings. The molecular weight excluding hydrogens is 212 g/mol. The van der Waals surface area contributed by atoms with Crippen LogP contribution in [0.25, 0.3) is 0 Å². The van der Waals surface area contributed by atoms with Gasteiger partial charge in [0, 0.05) is 25.7 Å². The van der Waals surface area contributed by atoms with Crippen molar-refractivity contribution in [1.29, 1.82) is 0 Å². The zero-order valence-electron chi connectivity index (χ0n) is 10.5. The summed E-state index contributed by atoms with van der Waals surface area (Å²) in [6.07, 6.45) is 1.32. The zero-order valence-corrected chi connectivity index (χ0v) is 10.5. The molecule has 0 aromatic heterocycles. The molecule has 3 heteroatoms. The van der Waals surface area contributed by atoms with Crippen LogP contribution in [0.4, 0.5) is 0 Å². The Morgan fingerprint density at radius 3 is 2.82 bits per heavy atom. The topological polar surface area (TPSA) is 38.5 Å². The molecule has 2 atom stereocenters. The Labute approximate surface area is 104 Å². The van der Waals surface area contributed by atoms with Gasteiger partial charge < -0.3 is 10.5 Å². The first kappa shape index (κ1) is 12.6. The molecular formula is C14H22N2O. The van der Waals surface area contributed by atoms with E-state index in [4.69, 9.17) is 10.5 Å². The Bertz CT molecular complexity index is 328. The van der Waals surface area contributed by atoms with Crippen molar-refractivity contribution < 1.29 is 4.74 Å². The van der Waals surface area contributed by atoms with Crippen molar-refractivity contribution in [2.24, 2.45) is 5.73 Å². The van der Waals surface area contributed by atoms with Gasteiger partial charge >= 0.3 is 0 Å². The molecule has 0 bridgehead atoms. The Balaban J connectivity index is 2.08. The van der Waals surface area contributed by atoms with Gasteiger partial charge in [-0.3, -0.25) is 4.90 Å². The van der Waals surface area contributed by atoms with Gasteiger partial charge in [0.1, 0.15) is 0 Å². The van der Waals surface area contributed by atoms with Crippen LogP contribution >= 0.6 is 0 Å². The van der Waals surface area contributed by atoms with Crippen LogP contribution in [0.5, 0.6) is 0 Å². The Morgan fingerprint density at radius 2 is 2.18 bits per heavy atom. The van der Waals surface area contributed by atoms with Crippen LogP contribution in [-0.2, 0) is 4.74 Å². The molecule has 0 saturated carbocycles. The highest BCUT2D eigenvalue weighted by molar-refractivity contribution is 5.19. The van der Waals surface area contributed by atoms with E-state index < -0.39 is 0 Å². The quantitative estimate of drug-likeness (QED) is 0.863. The van der Waals surface area contributed by atoms with E-state index in [1.165, 1.54) is 5.56 Å². The SMILES string of the molecule is CCC(c1ccccc1)N1CCOC(CN)C1. The first-order chi connectivity index (χ1) is 8.35. The van der Waals surface area contributed by atoms with Crippen molar-refractivity contribution >= 4 is 0 Å². The summed E-state index contributed by atoms with van der Waals surface area (Å²) >= 11 is 0. The normalized spacial score (nSPS) is 23.5. The van der Waals surface area contributed by atoms with Crippen LogP contribution in [0.1, 0.15) is 24.9 Å². The van der Waals surface area contributed by atoms with E-state index in [0.717, 1.165) is 26.1 Å². The Hall–Kier alpha value is -0.900. The maximum Gasteiger partial charge on any atom is 0.0824 e. The van der Waals surface area contributed by atoms with Crippen molar-refractivity contribution in [2.45, 2.75) is 25.5 Å². The van der Waals surface area contributed by atoms with E-state index >= 15 is 0 Å². The van der Waals surface area contributed by atoms with Crippen LogP contribution in [0, 0.1) is 0 Å². The molecule has 17 heavy (non-hydrogen) atoms. The minimum atomic E-state index is 0.196. The zero-order chi connectivity index (χ0) is 12.1. The molecule has 0 radical (unpaired) electrons. The first-order valence-corrected chi connectivity index (χ1v) is 6.45. The van der Waals surface area contributed by atoms with E-state index in [9.17, 15) is 0 Å². The number of hydrogen-bond acceptors (Lipinski definition) is 3. The molecule has 2 unspecified atom stereocenters. The molecule has 0 amide bonds. The van der Waals surface area contributed by atoms with Crippen LogP contribution in [-0.4, -0.2) is 37.2 Å². The summed E-state index contributed by atoms with van der Waals surface area (Å²) in [6.45, 7) is 5.60. The second-order valence-corrected chi connectivity index (χ2v) is 4.56. The monoisotopic (exact) mass is 234 g/mol. The van der Waals surface area contributed by atoms with Gasteiger partial charge in [-0.05, 0) is 12.0 Å². The summed E-state index contributed by atoms with van der Waals surface area (Å²) in [4.78, 5) is 2.50. The fourth-order valence-electron chi connectivity index (χ4n) is 2.55. The van der Waals surface area contributed by atoms with Crippen LogP contribution in [0.3, 0.4) is 0 Å². The number of benzene rings is 1. The van der Waals surface area contributed by atoms with E-state index in [1.807, 2.05) is 0 Å². The highest BCUT2D eigenvalue weighted by atomic mass is 16.5. The smallest absolute Gasteiger partial charge is 0.0824 e. The van der Waals surface area contributed by atoms with Crippen LogP contribution in [0.2, 0.25) is 0 Å². The summed E-state index contributed by atoms with van der Waals surface area (Å²) in [5.41, 5.74) is 7.09. The maximum absolute atomic E-state index is 5.69. The number of hydrogen-bond donors (Lipinski definition) is 1. The van der Waals surface area contributed by atoms with Gasteiger partial charge in [0.25, 0.3) is 0 Å². The van der Waals surface area contributed by atoms with E-state index in [1.54, 1.807) is 0 Å². The van der Waals surface area contributed by atoms with Crippen LogP contribution in [0.15, 0.2) is 30.3 Å². The summed E-state index contributed by atoms with van der Waals surface area (Å²) in [5, 5.41) is 0. The second-order valence-electron chi connectivity index (χ2n) is 4.56. The van der Waals surface area contributed by atoms with Gasteiger partial charge in [-0.15, -0.1) is 0 Å². The van der Waals surface area contributed by atoms with Crippen molar-refractivity contribution in [2.75, 3.05) is 26.2 Å². The number of rotatable bonds is 4. The molecule has 2 N–H and O–H groups in total. The van der Waals surface area contributed by atoms with Crippen molar-refractivity contribution in [1.82, 2.24) is 4.90 Å². The predicted molar refractivity (Wildman–Crippen MR) is 69.8 cm³/mol. The lowest BCUT2D eigenvalue weighted by Gasteiger charge is -2.37. The number of ether oxygens (including phenoxy) is 1. The fourth-order valence-corrected chi connectivity index (χ4v) is 2.55. The predicted octanol–water partition coefficient (Wildman–Crippen LogP) is 1.80. The van der Waals surface area contributed by atoms with Gasteiger partial charge in [-0.25, -0.2) is 0 Å². The average molecular weight is 234 g/mol.